The van der Waals surface area contributed by atoms with Crippen LogP contribution in [0.1, 0.15) is 17.9 Å². The monoisotopic (exact) mass is 340 g/mol. The molecule has 0 saturated carbocycles. The zero-order chi connectivity index (χ0) is 17.2. The molecule has 2 aliphatic rings. The summed E-state index contributed by atoms with van der Waals surface area (Å²) in [6, 6.07) is 14.6. The van der Waals surface area contributed by atoms with Gasteiger partial charge in [0.2, 0.25) is 0 Å². The molecule has 2 aromatic carbocycles. The van der Waals surface area contributed by atoms with Gasteiger partial charge < -0.3 is 24.8 Å². The summed E-state index contributed by atoms with van der Waals surface area (Å²) in [6.07, 6.45) is 0.980. The van der Waals surface area contributed by atoms with E-state index in [1.807, 2.05) is 18.2 Å². The molecule has 2 unspecified atom stereocenters. The van der Waals surface area contributed by atoms with Crippen molar-refractivity contribution in [3.8, 4) is 17.2 Å². The van der Waals surface area contributed by atoms with Crippen LogP contribution < -0.4 is 24.8 Å². The van der Waals surface area contributed by atoms with Gasteiger partial charge in [-0.05, 0) is 36.2 Å². The number of piperidine rings is 1. The Morgan fingerprint density at radius 3 is 2.72 bits per heavy atom. The summed E-state index contributed by atoms with van der Waals surface area (Å²) in [4.78, 5) is 2.34. The first-order valence-electron chi connectivity index (χ1n) is 8.77. The van der Waals surface area contributed by atoms with Gasteiger partial charge in [-0.25, -0.2) is 0 Å². The molecule has 1 saturated heterocycles. The van der Waals surface area contributed by atoms with E-state index in [0.717, 1.165) is 42.4 Å². The predicted molar refractivity (Wildman–Crippen MR) is 98.0 cm³/mol. The minimum atomic E-state index is 0.137. The first-order chi connectivity index (χ1) is 12.2. The molecule has 5 heteroatoms. The van der Waals surface area contributed by atoms with Crippen LogP contribution in [-0.2, 0) is 0 Å². The van der Waals surface area contributed by atoms with Crippen LogP contribution in [0.15, 0.2) is 42.5 Å². The lowest BCUT2D eigenvalue weighted by Crippen LogP contribution is -2.46. The molecule has 0 aliphatic carbocycles. The van der Waals surface area contributed by atoms with Crippen molar-refractivity contribution in [1.82, 2.24) is 0 Å². The van der Waals surface area contributed by atoms with Gasteiger partial charge in [0.1, 0.15) is 19.0 Å². The fraction of sp³-hybridized carbons (Fsp3) is 0.400. The smallest absolute Gasteiger partial charge is 0.163 e. The minimum absolute atomic E-state index is 0.137. The maximum Gasteiger partial charge on any atom is 0.163 e. The number of hydrogen-bond acceptors (Lipinski definition) is 5. The molecular formula is C20H24N2O3. The minimum Gasteiger partial charge on any atom is -0.497 e. The molecule has 2 aromatic rings. The van der Waals surface area contributed by atoms with Gasteiger partial charge in [-0.3, -0.25) is 0 Å². The molecule has 2 atom stereocenters. The van der Waals surface area contributed by atoms with Crippen LogP contribution in [0.3, 0.4) is 0 Å². The van der Waals surface area contributed by atoms with Crippen molar-refractivity contribution in [3.63, 3.8) is 0 Å². The van der Waals surface area contributed by atoms with E-state index in [1.165, 1.54) is 5.56 Å². The molecule has 0 radical (unpaired) electrons. The number of nitrogens with zero attached hydrogens (tertiary/aromatic N) is 1. The van der Waals surface area contributed by atoms with E-state index in [1.54, 1.807) is 7.11 Å². The molecule has 0 aromatic heterocycles. The largest absolute Gasteiger partial charge is 0.497 e. The summed E-state index contributed by atoms with van der Waals surface area (Å²) in [5.74, 6) is 2.91. The Labute approximate surface area is 148 Å². The molecule has 1 fully saturated rings. The first-order valence-corrected chi connectivity index (χ1v) is 8.77. The van der Waals surface area contributed by atoms with Crippen molar-refractivity contribution in [3.05, 3.63) is 48.0 Å². The summed E-state index contributed by atoms with van der Waals surface area (Å²) in [5.41, 5.74) is 8.78. The molecule has 132 valence electrons. The highest BCUT2D eigenvalue weighted by molar-refractivity contribution is 5.57. The van der Waals surface area contributed by atoms with E-state index < -0.39 is 0 Å². The highest BCUT2D eigenvalue weighted by atomic mass is 16.6. The van der Waals surface area contributed by atoms with Gasteiger partial charge in [-0.2, -0.15) is 0 Å². The Balaban J connectivity index is 1.58. The fourth-order valence-electron chi connectivity index (χ4n) is 3.71. The average Bonchev–Trinajstić information content (AvgIpc) is 2.67. The first kappa shape index (κ1) is 16.1. The molecule has 0 spiro atoms. The van der Waals surface area contributed by atoms with E-state index in [2.05, 4.69) is 29.2 Å². The SMILES string of the molecule is COc1cccc(C2CC(N)CN(c3ccc4c(c3)OCCO4)C2)c1. The Hall–Kier alpha value is -2.40. The predicted octanol–water partition coefficient (Wildman–Crippen LogP) is 2.79. The van der Waals surface area contributed by atoms with Crippen LogP contribution in [0.4, 0.5) is 5.69 Å². The Kier molecular flexibility index (Phi) is 4.40. The van der Waals surface area contributed by atoms with Gasteiger partial charge in [0.15, 0.2) is 11.5 Å². The third-order valence-electron chi connectivity index (χ3n) is 4.94. The zero-order valence-electron chi connectivity index (χ0n) is 14.5. The third kappa shape index (κ3) is 3.37. The number of methoxy groups -OCH3 is 1. The average molecular weight is 340 g/mol. The van der Waals surface area contributed by atoms with Crippen molar-refractivity contribution < 1.29 is 14.2 Å². The van der Waals surface area contributed by atoms with Gasteiger partial charge >= 0.3 is 0 Å². The third-order valence-corrected chi connectivity index (χ3v) is 4.94. The molecule has 5 nitrogen and oxygen atoms in total. The number of rotatable bonds is 3. The number of nitrogens with two attached hydrogens (primary N) is 1. The Morgan fingerprint density at radius 1 is 1.04 bits per heavy atom. The number of hydrogen-bond donors (Lipinski definition) is 1. The molecule has 2 heterocycles. The second-order valence-electron chi connectivity index (χ2n) is 6.70. The number of anilines is 1. The van der Waals surface area contributed by atoms with Crippen molar-refractivity contribution in [2.24, 2.45) is 5.73 Å². The topological polar surface area (TPSA) is 57.0 Å². The summed E-state index contributed by atoms with van der Waals surface area (Å²) in [6.45, 7) is 2.99. The van der Waals surface area contributed by atoms with Crippen LogP contribution in [0, 0.1) is 0 Å². The summed E-state index contributed by atoms with van der Waals surface area (Å²) >= 11 is 0. The number of ether oxygens (including phenoxy) is 3. The molecule has 2 N–H and O–H groups in total. The molecule has 2 aliphatic heterocycles. The molecule has 25 heavy (non-hydrogen) atoms. The zero-order valence-corrected chi connectivity index (χ0v) is 14.5. The summed E-state index contributed by atoms with van der Waals surface area (Å²) in [7, 11) is 1.70. The Bertz CT molecular complexity index is 749. The van der Waals surface area contributed by atoms with Crippen LogP contribution in [0.2, 0.25) is 0 Å². The summed E-state index contributed by atoms with van der Waals surface area (Å²) in [5, 5.41) is 0. The number of benzene rings is 2. The molecule has 0 amide bonds. The van der Waals surface area contributed by atoms with Crippen LogP contribution in [-0.4, -0.2) is 39.5 Å². The summed E-state index contributed by atoms with van der Waals surface area (Å²) < 4.78 is 16.7. The maximum absolute atomic E-state index is 6.37. The van der Waals surface area contributed by atoms with E-state index in [9.17, 15) is 0 Å². The van der Waals surface area contributed by atoms with Crippen molar-refractivity contribution >= 4 is 5.69 Å². The van der Waals surface area contributed by atoms with Gasteiger partial charge in [0.25, 0.3) is 0 Å². The highest BCUT2D eigenvalue weighted by Gasteiger charge is 2.27. The van der Waals surface area contributed by atoms with E-state index in [0.29, 0.717) is 19.1 Å². The molecular weight excluding hydrogens is 316 g/mol. The lowest BCUT2D eigenvalue weighted by Gasteiger charge is -2.38. The Morgan fingerprint density at radius 2 is 1.88 bits per heavy atom. The van der Waals surface area contributed by atoms with Gasteiger partial charge in [-0.15, -0.1) is 0 Å². The molecule has 0 bridgehead atoms. The van der Waals surface area contributed by atoms with Gasteiger partial charge in [-0.1, -0.05) is 12.1 Å². The van der Waals surface area contributed by atoms with E-state index >= 15 is 0 Å². The fourth-order valence-corrected chi connectivity index (χ4v) is 3.71. The van der Waals surface area contributed by atoms with Gasteiger partial charge in [0, 0.05) is 36.8 Å². The van der Waals surface area contributed by atoms with Crippen LogP contribution in [0.5, 0.6) is 17.2 Å². The lowest BCUT2D eigenvalue weighted by molar-refractivity contribution is 0.171. The van der Waals surface area contributed by atoms with Crippen LogP contribution in [0.25, 0.3) is 0 Å². The quantitative estimate of drug-likeness (QED) is 0.931. The normalized spacial score (nSPS) is 22.6. The van der Waals surface area contributed by atoms with Crippen molar-refractivity contribution in [1.29, 1.82) is 0 Å². The standard InChI is InChI=1S/C20H24N2O3/c1-23-18-4-2-3-14(10-18)15-9-16(21)13-22(12-15)17-5-6-19-20(11-17)25-8-7-24-19/h2-6,10-11,15-16H,7-9,12-13,21H2,1H3. The van der Waals surface area contributed by atoms with Gasteiger partial charge in [0.05, 0.1) is 7.11 Å². The van der Waals surface area contributed by atoms with Crippen molar-refractivity contribution in [2.45, 2.75) is 18.4 Å². The van der Waals surface area contributed by atoms with Crippen molar-refractivity contribution in [2.75, 3.05) is 38.3 Å². The maximum atomic E-state index is 6.37. The second-order valence-corrected chi connectivity index (χ2v) is 6.70. The molecule has 4 rings (SSSR count). The van der Waals surface area contributed by atoms with Crippen LogP contribution >= 0.6 is 0 Å². The van der Waals surface area contributed by atoms with E-state index in [-0.39, 0.29) is 6.04 Å². The second kappa shape index (κ2) is 6.84. The van der Waals surface area contributed by atoms with E-state index in [4.69, 9.17) is 19.9 Å². The lowest BCUT2D eigenvalue weighted by atomic mass is 9.88. The number of fused-ring (bicyclic) bond motifs is 1. The highest BCUT2D eigenvalue weighted by Crippen LogP contribution is 2.37.